The highest BCUT2D eigenvalue weighted by molar-refractivity contribution is 6.30. The smallest absolute Gasteiger partial charge is 0.159 e. The molecule has 0 saturated carbocycles. The Balaban J connectivity index is 1.57. The van der Waals surface area contributed by atoms with Crippen LogP contribution in [0.4, 0.5) is 4.39 Å². The Morgan fingerprint density at radius 3 is 2.41 bits per heavy atom. The molecule has 3 nitrogen and oxygen atoms in total. The van der Waals surface area contributed by atoms with Gasteiger partial charge in [0.2, 0.25) is 0 Å². The minimum atomic E-state index is -0.171. The van der Waals surface area contributed by atoms with Crippen molar-refractivity contribution in [2.45, 2.75) is 19.8 Å². The number of halogens is 2. The number of nitrogens with zero attached hydrogens (tertiary/aromatic N) is 2. The van der Waals surface area contributed by atoms with E-state index >= 15 is 4.39 Å². The molecule has 0 aliphatic rings. The van der Waals surface area contributed by atoms with Crippen LogP contribution in [0, 0.1) is 5.82 Å². The van der Waals surface area contributed by atoms with Crippen molar-refractivity contribution >= 4 is 22.4 Å². The molecule has 0 aliphatic heterocycles. The van der Waals surface area contributed by atoms with Crippen molar-refractivity contribution in [1.29, 1.82) is 0 Å². The second kappa shape index (κ2) is 8.58. The highest BCUT2D eigenvalue weighted by atomic mass is 35.5. The van der Waals surface area contributed by atoms with Gasteiger partial charge in [-0.05, 0) is 54.5 Å². The van der Waals surface area contributed by atoms with Crippen LogP contribution < -0.4 is 4.74 Å². The molecule has 1 aromatic heterocycles. The van der Waals surface area contributed by atoms with Gasteiger partial charge in [0.1, 0.15) is 5.82 Å². The zero-order chi connectivity index (χ0) is 20.2. The number of ether oxygens (including phenoxy) is 1. The molecule has 0 saturated heterocycles. The SMILES string of the molecule is CCOc1cnc(-c2ccc3c(F)c(CCc4ccc(Cl)cc4)ccc3c2)nc1. The van der Waals surface area contributed by atoms with Crippen molar-refractivity contribution in [2.24, 2.45) is 0 Å². The van der Waals surface area contributed by atoms with E-state index in [-0.39, 0.29) is 5.82 Å². The van der Waals surface area contributed by atoms with Crippen LogP contribution >= 0.6 is 11.6 Å². The Hall–Kier alpha value is -2.98. The average molecular weight is 407 g/mol. The summed E-state index contributed by atoms with van der Waals surface area (Å²) in [4.78, 5) is 8.69. The molecular weight excluding hydrogens is 387 g/mol. The van der Waals surface area contributed by atoms with E-state index in [1.165, 1.54) is 0 Å². The third-order valence-electron chi connectivity index (χ3n) is 4.83. The fourth-order valence-corrected chi connectivity index (χ4v) is 3.43. The van der Waals surface area contributed by atoms with Crippen LogP contribution in [0.15, 0.2) is 67.0 Å². The average Bonchev–Trinajstić information content (AvgIpc) is 2.75. The fourth-order valence-electron chi connectivity index (χ4n) is 3.31. The van der Waals surface area contributed by atoms with Gasteiger partial charge in [-0.15, -0.1) is 0 Å². The Labute approximate surface area is 174 Å². The molecular formula is C24H20ClFN2O. The monoisotopic (exact) mass is 406 g/mol. The topological polar surface area (TPSA) is 35.0 Å². The number of hydrogen-bond donors (Lipinski definition) is 0. The van der Waals surface area contributed by atoms with E-state index in [4.69, 9.17) is 16.3 Å². The molecule has 5 heteroatoms. The molecule has 0 radical (unpaired) electrons. The molecule has 0 N–H and O–H groups in total. The zero-order valence-corrected chi connectivity index (χ0v) is 16.8. The maximum Gasteiger partial charge on any atom is 0.159 e. The first-order chi connectivity index (χ1) is 14.1. The van der Waals surface area contributed by atoms with Gasteiger partial charge in [0.25, 0.3) is 0 Å². The highest BCUT2D eigenvalue weighted by Crippen LogP contribution is 2.27. The van der Waals surface area contributed by atoms with Gasteiger partial charge in [-0.1, -0.05) is 48.0 Å². The highest BCUT2D eigenvalue weighted by Gasteiger charge is 2.10. The van der Waals surface area contributed by atoms with Crippen LogP contribution in [0.2, 0.25) is 5.02 Å². The van der Waals surface area contributed by atoms with Gasteiger partial charge >= 0.3 is 0 Å². The van der Waals surface area contributed by atoms with Gasteiger partial charge in [0.05, 0.1) is 19.0 Å². The van der Waals surface area contributed by atoms with E-state index in [1.54, 1.807) is 18.5 Å². The molecule has 0 amide bonds. The maximum absolute atomic E-state index is 15.0. The normalized spacial score (nSPS) is 11.0. The predicted molar refractivity (Wildman–Crippen MR) is 115 cm³/mol. The number of rotatable bonds is 6. The van der Waals surface area contributed by atoms with Crippen molar-refractivity contribution in [2.75, 3.05) is 6.61 Å². The first kappa shape index (κ1) is 19.3. The Bertz CT molecular complexity index is 1130. The van der Waals surface area contributed by atoms with Crippen LogP contribution in [0.1, 0.15) is 18.1 Å². The Kier molecular flexibility index (Phi) is 5.72. The molecule has 3 aromatic carbocycles. The molecule has 4 rings (SSSR count). The van der Waals surface area contributed by atoms with Gasteiger partial charge in [-0.2, -0.15) is 0 Å². The van der Waals surface area contributed by atoms with E-state index < -0.39 is 0 Å². The molecule has 0 unspecified atom stereocenters. The lowest BCUT2D eigenvalue weighted by Crippen LogP contribution is -1.97. The van der Waals surface area contributed by atoms with E-state index in [1.807, 2.05) is 55.5 Å². The number of aryl methyl sites for hydroxylation is 2. The van der Waals surface area contributed by atoms with Crippen molar-refractivity contribution < 1.29 is 9.13 Å². The minimum Gasteiger partial charge on any atom is -0.491 e. The first-order valence-corrected chi connectivity index (χ1v) is 9.92. The number of benzene rings is 3. The lowest BCUT2D eigenvalue weighted by Gasteiger charge is -2.09. The summed E-state index contributed by atoms with van der Waals surface area (Å²) < 4.78 is 20.4. The number of hydrogen-bond acceptors (Lipinski definition) is 3. The summed E-state index contributed by atoms with van der Waals surface area (Å²) >= 11 is 5.92. The molecule has 0 fully saturated rings. The van der Waals surface area contributed by atoms with Crippen molar-refractivity contribution in [1.82, 2.24) is 9.97 Å². The molecule has 0 bridgehead atoms. The molecule has 4 aromatic rings. The standard InChI is InChI=1S/C24H20ClFN2O/c1-2-29-21-14-27-24(28-15-21)19-9-12-22-18(13-19)8-7-17(23(22)26)6-3-16-4-10-20(25)11-5-16/h4-5,7-15H,2-3,6H2,1H3. The number of fused-ring (bicyclic) bond motifs is 1. The third kappa shape index (κ3) is 4.38. The fraction of sp³-hybridized carbons (Fsp3) is 0.167. The second-order valence-electron chi connectivity index (χ2n) is 6.78. The van der Waals surface area contributed by atoms with Crippen LogP contribution in [0.3, 0.4) is 0 Å². The van der Waals surface area contributed by atoms with Crippen LogP contribution in [-0.4, -0.2) is 16.6 Å². The summed E-state index contributed by atoms with van der Waals surface area (Å²) in [7, 11) is 0. The van der Waals surface area contributed by atoms with E-state index in [9.17, 15) is 0 Å². The van der Waals surface area contributed by atoms with Crippen LogP contribution in [0.25, 0.3) is 22.2 Å². The summed E-state index contributed by atoms with van der Waals surface area (Å²) in [6, 6.07) is 17.0. The summed E-state index contributed by atoms with van der Waals surface area (Å²) in [6.45, 7) is 2.48. The maximum atomic E-state index is 15.0. The summed E-state index contributed by atoms with van der Waals surface area (Å²) in [5.74, 6) is 1.05. The van der Waals surface area contributed by atoms with Gasteiger partial charge in [0.15, 0.2) is 11.6 Å². The van der Waals surface area contributed by atoms with E-state index in [2.05, 4.69) is 9.97 Å². The van der Waals surface area contributed by atoms with Gasteiger partial charge in [-0.25, -0.2) is 14.4 Å². The van der Waals surface area contributed by atoms with Gasteiger partial charge in [0, 0.05) is 16.0 Å². The van der Waals surface area contributed by atoms with Crippen molar-refractivity contribution in [3.8, 4) is 17.1 Å². The Morgan fingerprint density at radius 2 is 1.69 bits per heavy atom. The van der Waals surface area contributed by atoms with Crippen LogP contribution in [0.5, 0.6) is 5.75 Å². The van der Waals surface area contributed by atoms with Gasteiger partial charge < -0.3 is 4.74 Å². The van der Waals surface area contributed by atoms with Gasteiger partial charge in [-0.3, -0.25) is 0 Å². The van der Waals surface area contributed by atoms with E-state index in [0.29, 0.717) is 40.6 Å². The zero-order valence-electron chi connectivity index (χ0n) is 16.0. The molecule has 0 atom stereocenters. The summed E-state index contributed by atoms with van der Waals surface area (Å²) in [6.07, 6.45) is 4.69. The molecule has 0 aliphatic carbocycles. The third-order valence-corrected chi connectivity index (χ3v) is 5.08. The molecule has 0 spiro atoms. The Morgan fingerprint density at radius 1 is 0.931 bits per heavy atom. The quantitative estimate of drug-likeness (QED) is 0.378. The lowest BCUT2D eigenvalue weighted by atomic mass is 9.99. The minimum absolute atomic E-state index is 0.171. The molecule has 29 heavy (non-hydrogen) atoms. The second-order valence-corrected chi connectivity index (χ2v) is 7.21. The first-order valence-electron chi connectivity index (χ1n) is 9.55. The lowest BCUT2D eigenvalue weighted by molar-refractivity contribution is 0.337. The van der Waals surface area contributed by atoms with Crippen LogP contribution in [-0.2, 0) is 12.8 Å². The molecule has 146 valence electrons. The predicted octanol–water partition coefficient (Wildman–Crippen LogP) is 6.27. The van der Waals surface area contributed by atoms with Crippen molar-refractivity contribution in [3.05, 3.63) is 89.0 Å². The van der Waals surface area contributed by atoms with Crippen molar-refractivity contribution in [3.63, 3.8) is 0 Å². The largest absolute Gasteiger partial charge is 0.491 e. The van der Waals surface area contributed by atoms with E-state index in [0.717, 1.165) is 22.9 Å². The molecule has 1 heterocycles. The number of aromatic nitrogens is 2. The summed E-state index contributed by atoms with van der Waals surface area (Å²) in [5, 5.41) is 2.14. The summed E-state index contributed by atoms with van der Waals surface area (Å²) in [5.41, 5.74) is 2.68.